The fourth-order valence-electron chi connectivity index (χ4n) is 3.73. The molecule has 28 heavy (non-hydrogen) atoms. The third kappa shape index (κ3) is 5.32. The molecule has 2 saturated heterocycles. The molecule has 2 aliphatic rings. The number of rotatable bonds is 5. The van der Waals surface area contributed by atoms with E-state index in [2.05, 4.69) is 26.1 Å². The van der Waals surface area contributed by atoms with E-state index in [9.17, 15) is 9.59 Å². The van der Waals surface area contributed by atoms with Gasteiger partial charge in [0.2, 0.25) is 5.91 Å². The van der Waals surface area contributed by atoms with Gasteiger partial charge >= 0.3 is 0 Å². The minimum atomic E-state index is -0.137. The summed E-state index contributed by atoms with van der Waals surface area (Å²) < 4.78 is 11.1. The van der Waals surface area contributed by atoms with Gasteiger partial charge in [0.05, 0.1) is 13.2 Å². The molecule has 1 aromatic rings. The molecule has 6 nitrogen and oxygen atoms in total. The van der Waals surface area contributed by atoms with E-state index in [1.807, 2.05) is 29.2 Å². The van der Waals surface area contributed by atoms with Gasteiger partial charge in [0.25, 0.3) is 5.91 Å². The van der Waals surface area contributed by atoms with E-state index in [0.29, 0.717) is 37.7 Å². The first-order chi connectivity index (χ1) is 13.3. The third-order valence-electron chi connectivity index (χ3n) is 5.56. The fourth-order valence-corrected chi connectivity index (χ4v) is 3.73. The predicted molar refractivity (Wildman–Crippen MR) is 107 cm³/mol. The molecule has 1 aromatic carbocycles. The highest BCUT2D eigenvalue weighted by Gasteiger charge is 2.31. The summed E-state index contributed by atoms with van der Waals surface area (Å²) >= 11 is 0. The Labute approximate surface area is 167 Å². The standard InChI is InChI=1S/C22H32N2O4/c1-22(2,3)18-6-4-16(5-7-18)20(26)23-11-8-19(25)24-12-9-17(10-13-24)21-27-14-15-28-21/h4-7,17,21H,8-15H2,1-3H3,(H,23,26). The van der Waals surface area contributed by atoms with Crippen molar-refractivity contribution in [2.45, 2.75) is 51.7 Å². The zero-order valence-electron chi connectivity index (χ0n) is 17.2. The number of amides is 2. The van der Waals surface area contributed by atoms with E-state index in [1.165, 1.54) is 5.56 Å². The van der Waals surface area contributed by atoms with Crippen molar-refractivity contribution in [1.29, 1.82) is 0 Å². The average molecular weight is 389 g/mol. The lowest BCUT2D eigenvalue weighted by Crippen LogP contribution is -2.42. The van der Waals surface area contributed by atoms with Crippen LogP contribution in [0.4, 0.5) is 0 Å². The highest BCUT2D eigenvalue weighted by Crippen LogP contribution is 2.26. The molecule has 0 radical (unpaired) electrons. The molecule has 1 N–H and O–H groups in total. The van der Waals surface area contributed by atoms with Gasteiger partial charge in [-0.1, -0.05) is 32.9 Å². The quantitative estimate of drug-likeness (QED) is 0.842. The Morgan fingerprint density at radius 1 is 1.07 bits per heavy atom. The molecule has 2 heterocycles. The smallest absolute Gasteiger partial charge is 0.251 e. The van der Waals surface area contributed by atoms with Crippen molar-refractivity contribution in [1.82, 2.24) is 10.2 Å². The van der Waals surface area contributed by atoms with Crippen LogP contribution >= 0.6 is 0 Å². The Hall–Kier alpha value is -1.92. The van der Waals surface area contributed by atoms with Crippen molar-refractivity contribution in [3.8, 4) is 0 Å². The molecule has 0 bridgehead atoms. The first-order valence-corrected chi connectivity index (χ1v) is 10.2. The molecule has 6 heteroatoms. The molecule has 154 valence electrons. The van der Waals surface area contributed by atoms with E-state index in [0.717, 1.165) is 25.9 Å². The summed E-state index contributed by atoms with van der Waals surface area (Å²) in [6, 6.07) is 7.66. The van der Waals surface area contributed by atoms with Crippen LogP contribution in [0, 0.1) is 5.92 Å². The molecule has 2 aliphatic heterocycles. The SMILES string of the molecule is CC(C)(C)c1ccc(C(=O)NCCC(=O)N2CCC(C3OCCO3)CC2)cc1. The largest absolute Gasteiger partial charge is 0.352 e. The van der Waals surface area contributed by atoms with Crippen LogP contribution in [0.25, 0.3) is 0 Å². The van der Waals surface area contributed by atoms with Crippen molar-refractivity contribution in [3.05, 3.63) is 35.4 Å². The number of ether oxygens (including phenoxy) is 2. The first kappa shape index (κ1) is 20.8. The zero-order chi connectivity index (χ0) is 20.1. The van der Waals surface area contributed by atoms with Crippen LogP contribution in [0.15, 0.2) is 24.3 Å². The van der Waals surface area contributed by atoms with Crippen LogP contribution < -0.4 is 5.32 Å². The maximum absolute atomic E-state index is 12.4. The number of nitrogens with one attached hydrogen (secondary N) is 1. The Balaban J connectivity index is 1.38. The maximum atomic E-state index is 12.4. The van der Waals surface area contributed by atoms with Gasteiger partial charge in [0.1, 0.15) is 0 Å². The number of piperidine rings is 1. The summed E-state index contributed by atoms with van der Waals surface area (Å²) in [6.45, 7) is 9.58. The second-order valence-electron chi connectivity index (χ2n) is 8.66. The topological polar surface area (TPSA) is 67.9 Å². The number of carbonyl (C=O) groups excluding carboxylic acids is 2. The molecule has 3 rings (SSSR count). The van der Waals surface area contributed by atoms with Crippen molar-refractivity contribution in [2.24, 2.45) is 5.92 Å². The number of benzene rings is 1. The van der Waals surface area contributed by atoms with Crippen molar-refractivity contribution < 1.29 is 19.1 Å². The van der Waals surface area contributed by atoms with E-state index >= 15 is 0 Å². The highest BCUT2D eigenvalue weighted by molar-refractivity contribution is 5.94. The lowest BCUT2D eigenvalue weighted by molar-refractivity contribution is -0.136. The molecule has 0 aliphatic carbocycles. The summed E-state index contributed by atoms with van der Waals surface area (Å²) in [7, 11) is 0. The highest BCUT2D eigenvalue weighted by atomic mass is 16.7. The second kappa shape index (κ2) is 9.05. The number of hydrogen-bond acceptors (Lipinski definition) is 4. The van der Waals surface area contributed by atoms with E-state index in [1.54, 1.807) is 0 Å². The molecular weight excluding hydrogens is 356 g/mol. The van der Waals surface area contributed by atoms with Gasteiger partial charge in [-0.2, -0.15) is 0 Å². The molecule has 0 atom stereocenters. The third-order valence-corrected chi connectivity index (χ3v) is 5.56. The minimum Gasteiger partial charge on any atom is -0.352 e. The Morgan fingerprint density at radius 2 is 1.68 bits per heavy atom. The van der Waals surface area contributed by atoms with Gasteiger partial charge in [0.15, 0.2) is 6.29 Å². The van der Waals surface area contributed by atoms with Crippen LogP contribution in [0.3, 0.4) is 0 Å². The monoisotopic (exact) mass is 388 g/mol. The lowest BCUT2D eigenvalue weighted by Gasteiger charge is -2.33. The summed E-state index contributed by atoms with van der Waals surface area (Å²) in [5.74, 6) is 0.333. The average Bonchev–Trinajstić information content (AvgIpc) is 3.22. The van der Waals surface area contributed by atoms with Crippen LogP contribution in [0.1, 0.15) is 56.0 Å². The Kier molecular flexibility index (Phi) is 6.73. The minimum absolute atomic E-state index is 0.0604. The fraction of sp³-hybridized carbons (Fsp3) is 0.636. The molecule has 0 spiro atoms. The van der Waals surface area contributed by atoms with Gasteiger partial charge in [-0.05, 0) is 36.0 Å². The zero-order valence-corrected chi connectivity index (χ0v) is 17.2. The first-order valence-electron chi connectivity index (χ1n) is 10.2. The van der Waals surface area contributed by atoms with Crippen molar-refractivity contribution in [2.75, 3.05) is 32.8 Å². The molecule has 2 amide bonds. The molecule has 0 aromatic heterocycles. The lowest BCUT2D eigenvalue weighted by atomic mass is 9.87. The predicted octanol–water partition coefficient (Wildman–Crippen LogP) is 2.72. The van der Waals surface area contributed by atoms with E-state index in [-0.39, 0.29) is 23.5 Å². The Morgan fingerprint density at radius 3 is 2.25 bits per heavy atom. The number of carbonyl (C=O) groups is 2. The molecule has 0 unspecified atom stereocenters. The number of nitrogens with zero attached hydrogens (tertiary/aromatic N) is 1. The summed E-state index contributed by atoms with van der Waals surface area (Å²) in [5.41, 5.74) is 1.87. The summed E-state index contributed by atoms with van der Waals surface area (Å²) in [6.07, 6.45) is 2.04. The van der Waals surface area contributed by atoms with Crippen LogP contribution in [-0.4, -0.2) is 55.9 Å². The van der Waals surface area contributed by atoms with Crippen LogP contribution in [0.2, 0.25) is 0 Å². The maximum Gasteiger partial charge on any atom is 0.251 e. The second-order valence-corrected chi connectivity index (χ2v) is 8.66. The Bertz CT molecular complexity index is 667. The summed E-state index contributed by atoms with van der Waals surface area (Å²) in [5, 5.41) is 2.85. The van der Waals surface area contributed by atoms with Gasteiger partial charge in [-0.15, -0.1) is 0 Å². The van der Waals surface area contributed by atoms with Gasteiger partial charge in [-0.25, -0.2) is 0 Å². The van der Waals surface area contributed by atoms with Gasteiger partial charge in [0, 0.05) is 37.5 Å². The van der Waals surface area contributed by atoms with Crippen LogP contribution in [-0.2, 0) is 19.7 Å². The van der Waals surface area contributed by atoms with Crippen molar-refractivity contribution >= 4 is 11.8 Å². The number of hydrogen-bond donors (Lipinski definition) is 1. The van der Waals surface area contributed by atoms with Gasteiger partial charge in [-0.3, -0.25) is 9.59 Å². The van der Waals surface area contributed by atoms with E-state index in [4.69, 9.17) is 9.47 Å². The molecule has 2 fully saturated rings. The number of likely N-dealkylation sites (tertiary alicyclic amines) is 1. The van der Waals surface area contributed by atoms with Gasteiger partial charge < -0.3 is 19.7 Å². The molecular formula is C22H32N2O4. The van der Waals surface area contributed by atoms with Crippen LogP contribution in [0.5, 0.6) is 0 Å². The summed E-state index contributed by atoms with van der Waals surface area (Å²) in [4.78, 5) is 26.6. The molecule has 0 saturated carbocycles. The van der Waals surface area contributed by atoms with Crippen molar-refractivity contribution in [3.63, 3.8) is 0 Å². The normalized spacial score (nSPS) is 19.0. The van der Waals surface area contributed by atoms with E-state index < -0.39 is 0 Å².